The van der Waals surface area contributed by atoms with Gasteiger partial charge in [0, 0.05) is 11.4 Å². The van der Waals surface area contributed by atoms with Gasteiger partial charge in [0.05, 0.1) is 12.6 Å². The van der Waals surface area contributed by atoms with Crippen LogP contribution in [0.2, 0.25) is 0 Å². The molecule has 2 atom stereocenters. The van der Waals surface area contributed by atoms with Gasteiger partial charge in [-0.25, -0.2) is 0 Å². The summed E-state index contributed by atoms with van der Waals surface area (Å²) in [6.45, 7) is 5.19. The normalized spacial score (nSPS) is 20.8. The van der Waals surface area contributed by atoms with Gasteiger partial charge in [0.15, 0.2) is 0 Å². The van der Waals surface area contributed by atoms with Gasteiger partial charge >= 0.3 is 0 Å². The number of halogens is 1. The van der Waals surface area contributed by atoms with Crippen LogP contribution in [0.25, 0.3) is 0 Å². The van der Waals surface area contributed by atoms with Crippen LogP contribution >= 0.6 is 23.7 Å². The maximum atomic E-state index is 11.9. The SMILES string of the molecule is CC(NC(=O)CN1CCC(CN)C1)c1cccs1.Cl. The lowest BCUT2D eigenvalue weighted by Crippen LogP contribution is -2.37. The number of carbonyl (C=O) groups is 1. The van der Waals surface area contributed by atoms with Crippen molar-refractivity contribution in [2.24, 2.45) is 11.7 Å². The molecule has 1 aliphatic rings. The molecule has 0 aliphatic carbocycles. The third-order valence-corrected chi connectivity index (χ3v) is 4.47. The van der Waals surface area contributed by atoms with E-state index in [4.69, 9.17) is 5.73 Å². The van der Waals surface area contributed by atoms with E-state index in [1.165, 1.54) is 4.88 Å². The molecular formula is C13H22ClN3OS. The van der Waals surface area contributed by atoms with Gasteiger partial charge < -0.3 is 11.1 Å². The van der Waals surface area contributed by atoms with Crippen molar-refractivity contribution in [3.8, 4) is 0 Å². The lowest BCUT2D eigenvalue weighted by molar-refractivity contribution is -0.122. The predicted octanol–water partition coefficient (Wildman–Crippen LogP) is 1.63. The molecule has 1 aliphatic heterocycles. The highest BCUT2D eigenvalue weighted by Gasteiger charge is 2.23. The number of thiophene rings is 1. The fourth-order valence-corrected chi connectivity index (χ4v) is 3.08. The van der Waals surface area contributed by atoms with E-state index in [0.29, 0.717) is 12.5 Å². The molecule has 108 valence electrons. The van der Waals surface area contributed by atoms with Crippen LogP contribution in [0.1, 0.15) is 24.3 Å². The van der Waals surface area contributed by atoms with Crippen LogP contribution in [0.3, 0.4) is 0 Å². The fourth-order valence-electron chi connectivity index (χ4n) is 2.35. The highest BCUT2D eigenvalue weighted by Crippen LogP contribution is 2.18. The number of nitrogens with zero attached hydrogens (tertiary/aromatic N) is 1. The van der Waals surface area contributed by atoms with Gasteiger partial charge in [0.2, 0.25) is 5.91 Å². The second kappa shape index (κ2) is 7.85. The number of nitrogens with two attached hydrogens (primary N) is 1. The number of hydrogen-bond donors (Lipinski definition) is 2. The predicted molar refractivity (Wildman–Crippen MR) is 81.7 cm³/mol. The summed E-state index contributed by atoms with van der Waals surface area (Å²) in [4.78, 5) is 15.3. The van der Waals surface area contributed by atoms with E-state index in [-0.39, 0.29) is 24.4 Å². The van der Waals surface area contributed by atoms with Gasteiger partial charge in [-0.15, -0.1) is 23.7 Å². The molecule has 1 amide bonds. The van der Waals surface area contributed by atoms with Crippen LogP contribution in [0.15, 0.2) is 17.5 Å². The Hall–Kier alpha value is -0.620. The van der Waals surface area contributed by atoms with Gasteiger partial charge in [0.25, 0.3) is 0 Å². The van der Waals surface area contributed by atoms with E-state index >= 15 is 0 Å². The summed E-state index contributed by atoms with van der Waals surface area (Å²) in [6.07, 6.45) is 1.12. The van der Waals surface area contributed by atoms with Crippen molar-refractivity contribution in [3.63, 3.8) is 0 Å². The van der Waals surface area contributed by atoms with Crippen molar-refractivity contribution in [3.05, 3.63) is 22.4 Å². The fraction of sp³-hybridized carbons (Fsp3) is 0.615. The molecule has 2 rings (SSSR count). The minimum absolute atomic E-state index is 0. The van der Waals surface area contributed by atoms with Crippen LogP contribution in [-0.2, 0) is 4.79 Å². The third kappa shape index (κ3) is 4.76. The summed E-state index contributed by atoms with van der Waals surface area (Å²) >= 11 is 1.67. The zero-order valence-electron chi connectivity index (χ0n) is 11.2. The molecule has 1 saturated heterocycles. The zero-order valence-corrected chi connectivity index (χ0v) is 12.8. The van der Waals surface area contributed by atoms with Crippen LogP contribution in [0, 0.1) is 5.92 Å². The summed E-state index contributed by atoms with van der Waals surface area (Å²) in [5, 5.41) is 5.07. The summed E-state index contributed by atoms with van der Waals surface area (Å²) in [6, 6.07) is 4.16. The van der Waals surface area contributed by atoms with Crippen LogP contribution in [0.5, 0.6) is 0 Å². The first-order chi connectivity index (χ1) is 8.69. The molecule has 1 fully saturated rings. The van der Waals surface area contributed by atoms with Crippen molar-refractivity contribution < 1.29 is 4.79 Å². The van der Waals surface area contributed by atoms with Crippen LogP contribution in [-0.4, -0.2) is 37.0 Å². The Bertz CT molecular complexity index is 385. The molecule has 0 saturated carbocycles. The van der Waals surface area contributed by atoms with Gasteiger partial charge in [-0.2, -0.15) is 0 Å². The average molecular weight is 304 g/mol. The Labute approximate surface area is 124 Å². The molecule has 1 aromatic rings. The topological polar surface area (TPSA) is 58.4 Å². The van der Waals surface area contributed by atoms with E-state index in [1.54, 1.807) is 11.3 Å². The van der Waals surface area contributed by atoms with E-state index in [2.05, 4.69) is 16.3 Å². The quantitative estimate of drug-likeness (QED) is 0.869. The Kier molecular flexibility index (Phi) is 6.79. The second-order valence-corrected chi connectivity index (χ2v) is 5.91. The number of amides is 1. The van der Waals surface area contributed by atoms with E-state index in [0.717, 1.165) is 26.1 Å². The molecule has 0 spiro atoms. The van der Waals surface area contributed by atoms with Gasteiger partial charge in [-0.05, 0) is 43.8 Å². The van der Waals surface area contributed by atoms with Crippen LogP contribution < -0.4 is 11.1 Å². The van der Waals surface area contributed by atoms with Crippen molar-refractivity contribution in [1.82, 2.24) is 10.2 Å². The first-order valence-corrected chi connectivity index (χ1v) is 7.32. The van der Waals surface area contributed by atoms with Crippen molar-refractivity contribution in [2.45, 2.75) is 19.4 Å². The molecule has 3 N–H and O–H groups in total. The van der Waals surface area contributed by atoms with Gasteiger partial charge in [-0.1, -0.05) is 6.07 Å². The smallest absolute Gasteiger partial charge is 0.234 e. The molecule has 6 heteroatoms. The second-order valence-electron chi connectivity index (χ2n) is 4.93. The molecule has 19 heavy (non-hydrogen) atoms. The summed E-state index contributed by atoms with van der Waals surface area (Å²) < 4.78 is 0. The largest absolute Gasteiger partial charge is 0.348 e. The number of rotatable bonds is 5. The minimum Gasteiger partial charge on any atom is -0.348 e. The zero-order chi connectivity index (χ0) is 13.0. The van der Waals surface area contributed by atoms with E-state index in [1.807, 2.05) is 18.4 Å². The lowest BCUT2D eigenvalue weighted by Gasteiger charge is -2.17. The maximum Gasteiger partial charge on any atom is 0.234 e. The monoisotopic (exact) mass is 303 g/mol. The molecule has 0 radical (unpaired) electrons. The number of nitrogens with one attached hydrogen (secondary N) is 1. The number of carbonyl (C=O) groups excluding carboxylic acids is 1. The van der Waals surface area contributed by atoms with E-state index in [9.17, 15) is 4.79 Å². The molecule has 0 bridgehead atoms. The summed E-state index contributed by atoms with van der Waals surface area (Å²) in [5.41, 5.74) is 5.65. The molecule has 0 aromatic carbocycles. The Morgan fingerprint density at radius 1 is 1.68 bits per heavy atom. The Balaban J connectivity index is 0.00000180. The Morgan fingerprint density at radius 2 is 2.47 bits per heavy atom. The van der Waals surface area contributed by atoms with Crippen LogP contribution in [0.4, 0.5) is 0 Å². The van der Waals surface area contributed by atoms with Crippen molar-refractivity contribution in [1.29, 1.82) is 0 Å². The third-order valence-electron chi connectivity index (χ3n) is 3.42. The standard InChI is InChI=1S/C13H21N3OS.ClH/c1-10(12-3-2-6-18-12)15-13(17)9-16-5-4-11(7-14)8-16;/h2-3,6,10-11H,4-5,7-9,14H2,1H3,(H,15,17);1H. The van der Waals surface area contributed by atoms with Gasteiger partial charge in [-0.3, -0.25) is 9.69 Å². The van der Waals surface area contributed by atoms with E-state index < -0.39 is 0 Å². The first kappa shape index (κ1) is 16.4. The van der Waals surface area contributed by atoms with Crippen molar-refractivity contribution in [2.75, 3.05) is 26.2 Å². The molecule has 4 nitrogen and oxygen atoms in total. The maximum absolute atomic E-state index is 11.9. The average Bonchev–Trinajstić information content (AvgIpc) is 2.98. The summed E-state index contributed by atoms with van der Waals surface area (Å²) in [5.74, 6) is 0.668. The highest BCUT2D eigenvalue weighted by molar-refractivity contribution is 7.10. The number of hydrogen-bond acceptors (Lipinski definition) is 4. The minimum atomic E-state index is 0. The van der Waals surface area contributed by atoms with Gasteiger partial charge in [0.1, 0.15) is 0 Å². The highest BCUT2D eigenvalue weighted by atomic mass is 35.5. The first-order valence-electron chi connectivity index (χ1n) is 6.44. The molecule has 1 aromatic heterocycles. The van der Waals surface area contributed by atoms with Crippen molar-refractivity contribution >= 4 is 29.7 Å². The summed E-state index contributed by atoms with van der Waals surface area (Å²) in [7, 11) is 0. The molecular weight excluding hydrogens is 282 g/mol. The number of likely N-dealkylation sites (tertiary alicyclic amines) is 1. The molecule has 2 heterocycles. The lowest BCUT2D eigenvalue weighted by atomic mass is 10.1. The Morgan fingerprint density at radius 3 is 3.05 bits per heavy atom. The molecule has 2 unspecified atom stereocenters.